The normalized spacial score (nSPS) is 16.6. The van der Waals surface area contributed by atoms with Gasteiger partial charge in [-0.1, -0.05) is 42.5 Å². The van der Waals surface area contributed by atoms with E-state index in [2.05, 4.69) is 17.0 Å². The van der Waals surface area contributed by atoms with Gasteiger partial charge in [-0.3, -0.25) is 15.0 Å². The molecule has 0 N–H and O–H groups in total. The molecule has 0 spiro atoms. The third-order valence-electron chi connectivity index (χ3n) is 3.70. The summed E-state index contributed by atoms with van der Waals surface area (Å²) in [6, 6.07) is 16.5. The Hall–Kier alpha value is -2.86. The number of nitro benzene ring substituents is 1. The fourth-order valence-electron chi connectivity index (χ4n) is 2.54. The smallest absolute Gasteiger partial charge is 0.311 e. The van der Waals surface area contributed by atoms with Crippen molar-refractivity contribution in [3.8, 4) is 5.75 Å². The minimum absolute atomic E-state index is 0.0636. The van der Waals surface area contributed by atoms with Crippen molar-refractivity contribution < 1.29 is 14.4 Å². The summed E-state index contributed by atoms with van der Waals surface area (Å²) in [7, 11) is 0. The second-order valence-corrected chi connectivity index (χ2v) is 5.47. The molecule has 0 bridgehead atoms. The molecule has 2 aromatic rings. The molecule has 1 heterocycles. The molecule has 1 aliphatic rings. The van der Waals surface area contributed by atoms with Gasteiger partial charge in [-0.05, 0) is 11.6 Å². The molecule has 24 heavy (non-hydrogen) atoms. The first-order valence-corrected chi connectivity index (χ1v) is 7.70. The maximum Gasteiger partial charge on any atom is 0.311 e. The van der Waals surface area contributed by atoms with E-state index in [-0.39, 0.29) is 11.4 Å². The van der Waals surface area contributed by atoms with Crippen LogP contribution in [0.4, 0.5) is 5.69 Å². The average molecular weight is 326 g/mol. The zero-order valence-corrected chi connectivity index (χ0v) is 13.1. The van der Waals surface area contributed by atoms with Gasteiger partial charge in [0.05, 0.1) is 11.5 Å². The Kier molecular flexibility index (Phi) is 5.08. The Morgan fingerprint density at radius 2 is 1.92 bits per heavy atom. The van der Waals surface area contributed by atoms with Crippen molar-refractivity contribution in [3.63, 3.8) is 0 Å². The van der Waals surface area contributed by atoms with Crippen LogP contribution < -0.4 is 4.74 Å². The van der Waals surface area contributed by atoms with Gasteiger partial charge < -0.3 is 9.47 Å². The number of nitrogens with zero attached hydrogens (tertiary/aromatic N) is 2. The van der Waals surface area contributed by atoms with Crippen LogP contribution in [0, 0.1) is 10.1 Å². The van der Waals surface area contributed by atoms with Crippen LogP contribution in [0.3, 0.4) is 0 Å². The van der Waals surface area contributed by atoms with E-state index in [1.807, 2.05) is 18.2 Å². The molecule has 0 aromatic heterocycles. The Balaban J connectivity index is 1.64. The largest absolute Gasteiger partial charge is 0.492 e. The Labute approximate surface area is 140 Å². The van der Waals surface area contributed by atoms with Crippen LogP contribution in [-0.4, -0.2) is 29.5 Å². The molecule has 3 rings (SSSR count). The fourth-order valence-corrected chi connectivity index (χ4v) is 2.54. The van der Waals surface area contributed by atoms with Crippen LogP contribution >= 0.6 is 0 Å². The zero-order chi connectivity index (χ0) is 16.8. The van der Waals surface area contributed by atoms with E-state index in [1.54, 1.807) is 18.2 Å². The van der Waals surface area contributed by atoms with Crippen LogP contribution in [0.5, 0.6) is 5.75 Å². The highest BCUT2D eigenvalue weighted by molar-refractivity contribution is 5.46. The van der Waals surface area contributed by atoms with Crippen molar-refractivity contribution in [2.45, 2.75) is 6.54 Å². The molecule has 1 fully saturated rings. The van der Waals surface area contributed by atoms with Crippen LogP contribution in [0.1, 0.15) is 5.56 Å². The summed E-state index contributed by atoms with van der Waals surface area (Å²) in [4.78, 5) is 12.8. The van der Waals surface area contributed by atoms with Gasteiger partial charge in [0.1, 0.15) is 18.6 Å². The summed E-state index contributed by atoms with van der Waals surface area (Å²) >= 11 is 0. The molecular formula is C18H18N2O4. The van der Waals surface area contributed by atoms with Crippen molar-refractivity contribution >= 4 is 5.69 Å². The Morgan fingerprint density at radius 3 is 2.71 bits per heavy atom. The minimum Gasteiger partial charge on any atom is -0.492 e. The van der Waals surface area contributed by atoms with E-state index < -0.39 is 4.92 Å². The van der Waals surface area contributed by atoms with Gasteiger partial charge >= 0.3 is 5.69 Å². The monoisotopic (exact) mass is 326 g/mol. The molecule has 0 unspecified atom stereocenters. The summed E-state index contributed by atoms with van der Waals surface area (Å²) in [5, 5.41) is 11.0. The van der Waals surface area contributed by atoms with Gasteiger partial charge in [0.2, 0.25) is 5.75 Å². The first-order chi connectivity index (χ1) is 11.7. The van der Waals surface area contributed by atoms with Gasteiger partial charge in [0.25, 0.3) is 0 Å². The predicted octanol–water partition coefficient (Wildman–Crippen LogP) is 3.35. The molecule has 6 heteroatoms. The SMILES string of the molecule is O=[N+]([O-])c1ccccc1OC=C1CN(Cc2ccccc2)CCO1. The maximum absolute atomic E-state index is 11.0. The Bertz CT molecular complexity index is 731. The lowest BCUT2D eigenvalue weighted by Gasteiger charge is -2.28. The van der Waals surface area contributed by atoms with E-state index in [0.717, 1.165) is 13.1 Å². The van der Waals surface area contributed by atoms with Crippen LogP contribution in [0.2, 0.25) is 0 Å². The van der Waals surface area contributed by atoms with Gasteiger partial charge in [0.15, 0.2) is 0 Å². The van der Waals surface area contributed by atoms with Gasteiger partial charge in [-0.25, -0.2) is 0 Å². The average Bonchev–Trinajstić information content (AvgIpc) is 2.61. The third-order valence-corrected chi connectivity index (χ3v) is 3.70. The number of hydrogen-bond acceptors (Lipinski definition) is 5. The van der Waals surface area contributed by atoms with Gasteiger partial charge in [0, 0.05) is 19.2 Å². The first-order valence-electron chi connectivity index (χ1n) is 7.70. The van der Waals surface area contributed by atoms with Crippen LogP contribution in [0.15, 0.2) is 66.6 Å². The van der Waals surface area contributed by atoms with Crippen LogP contribution in [0.25, 0.3) is 0 Å². The maximum atomic E-state index is 11.0. The van der Waals surface area contributed by atoms with Gasteiger partial charge in [-0.15, -0.1) is 0 Å². The molecular weight excluding hydrogens is 308 g/mol. The summed E-state index contributed by atoms with van der Waals surface area (Å²) in [6.07, 6.45) is 1.46. The third kappa shape index (κ3) is 4.11. The zero-order valence-electron chi connectivity index (χ0n) is 13.1. The molecule has 6 nitrogen and oxygen atoms in total. The quantitative estimate of drug-likeness (QED) is 0.479. The number of hydrogen-bond donors (Lipinski definition) is 0. The van der Waals surface area contributed by atoms with E-state index in [4.69, 9.17) is 9.47 Å². The molecule has 124 valence electrons. The highest BCUT2D eigenvalue weighted by atomic mass is 16.6. The molecule has 0 atom stereocenters. The second kappa shape index (κ2) is 7.61. The highest BCUT2D eigenvalue weighted by Crippen LogP contribution is 2.26. The summed E-state index contributed by atoms with van der Waals surface area (Å²) in [5.41, 5.74) is 1.17. The number of rotatable bonds is 5. The van der Waals surface area contributed by atoms with Crippen molar-refractivity contribution in [3.05, 3.63) is 82.3 Å². The standard InChI is InChI=1S/C18H18N2O4/c21-20(22)17-8-4-5-9-18(17)24-14-16-13-19(10-11-23-16)12-15-6-2-1-3-7-15/h1-9,14H,10-13H2. The van der Waals surface area contributed by atoms with E-state index >= 15 is 0 Å². The van der Waals surface area contributed by atoms with E-state index in [0.29, 0.717) is 18.9 Å². The van der Waals surface area contributed by atoms with Crippen molar-refractivity contribution in [2.24, 2.45) is 0 Å². The minimum atomic E-state index is -0.461. The Morgan fingerprint density at radius 1 is 1.17 bits per heavy atom. The number of nitro groups is 1. The molecule has 2 aromatic carbocycles. The number of benzene rings is 2. The lowest BCUT2D eigenvalue weighted by Crippen LogP contribution is -2.34. The summed E-state index contributed by atoms with van der Waals surface area (Å²) in [6.45, 7) is 2.83. The van der Waals surface area contributed by atoms with E-state index in [9.17, 15) is 10.1 Å². The molecule has 0 saturated carbocycles. The first kappa shape index (κ1) is 16.0. The molecule has 1 aliphatic heterocycles. The molecule has 0 radical (unpaired) electrons. The van der Waals surface area contributed by atoms with Crippen molar-refractivity contribution in [1.29, 1.82) is 0 Å². The van der Waals surface area contributed by atoms with Gasteiger partial charge in [-0.2, -0.15) is 0 Å². The lowest BCUT2D eigenvalue weighted by molar-refractivity contribution is -0.385. The van der Waals surface area contributed by atoms with Crippen LogP contribution in [-0.2, 0) is 11.3 Å². The summed E-state index contributed by atoms with van der Waals surface area (Å²) in [5.74, 6) is 0.870. The van der Waals surface area contributed by atoms with Crippen molar-refractivity contribution in [2.75, 3.05) is 19.7 Å². The number of morpholine rings is 1. The molecule has 0 amide bonds. The predicted molar refractivity (Wildman–Crippen MR) is 89.5 cm³/mol. The number of ether oxygens (including phenoxy) is 2. The molecule has 1 saturated heterocycles. The van der Waals surface area contributed by atoms with Crippen molar-refractivity contribution in [1.82, 2.24) is 4.90 Å². The summed E-state index contributed by atoms with van der Waals surface area (Å²) < 4.78 is 11.1. The molecule has 0 aliphatic carbocycles. The lowest BCUT2D eigenvalue weighted by atomic mass is 10.2. The second-order valence-electron chi connectivity index (χ2n) is 5.47. The van der Waals surface area contributed by atoms with E-state index in [1.165, 1.54) is 17.9 Å². The number of para-hydroxylation sites is 2. The highest BCUT2D eigenvalue weighted by Gasteiger charge is 2.17. The topological polar surface area (TPSA) is 64.8 Å². The fraction of sp³-hybridized carbons (Fsp3) is 0.222.